The second-order valence-corrected chi connectivity index (χ2v) is 5.68. The van der Waals surface area contributed by atoms with Crippen molar-refractivity contribution in [1.29, 1.82) is 0 Å². The molecule has 0 aliphatic carbocycles. The molecule has 1 aliphatic rings. The normalized spacial score (nSPS) is 25.9. The van der Waals surface area contributed by atoms with Gasteiger partial charge in [0.05, 0.1) is 6.04 Å². The zero-order valence-electron chi connectivity index (χ0n) is 12.6. The SMILES string of the molecule is CCC(C)C(C)N1C(=O)C(C)NC1c1ccccc1F. The van der Waals surface area contributed by atoms with Crippen LogP contribution in [0.4, 0.5) is 4.39 Å². The van der Waals surface area contributed by atoms with Crippen LogP contribution in [-0.4, -0.2) is 22.9 Å². The fourth-order valence-corrected chi connectivity index (χ4v) is 2.73. The second kappa shape index (κ2) is 5.92. The van der Waals surface area contributed by atoms with Crippen LogP contribution < -0.4 is 5.32 Å². The van der Waals surface area contributed by atoms with Crippen LogP contribution in [0.5, 0.6) is 0 Å². The number of hydrogen-bond donors (Lipinski definition) is 1. The highest BCUT2D eigenvalue weighted by Gasteiger charge is 2.41. The van der Waals surface area contributed by atoms with E-state index in [9.17, 15) is 9.18 Å². The van der Waals surface area contributed by atoms with Gasteiger partial charge in [-0.15, -0.1) is 0 Å². The molecular weight excluding hydrogens is 255 g/mol. The van der Waals surface area contributed by atoms with E-state index in [0.717, 1.165) is 6.42 Å². The average molecular weight is 278 g/mol. The highest BCUT2D eigenvalue weighted by atomic mass is 19.1. The van der Waals surface area contributed by atoms with Crippen LogP contribution in [0, 0.1) is 11.7 Å². The molecule has 1 aromatic rings. The summed E-state index contributed by atoms with van der Waals surface area (Å²) < 4.78 is 14.0. The molecule has 2 rings (SSSR count). The Morgan fingerprint density at radius 1 is 1.35 bits per heavy atom. The first-order valence-corrected chi connectivity index (χ1v) is 7.30. The van der Waals surface area contributed by atoms with Gasteiger partial charge in [0.15, 0.2) is 0 Å². The molecule has 4 atom stereocenters. The number of nitrogens with zero attached hydrogens (tertiary/aromatic N) is 1. The molecular formula is C16H23FN2O. The molecule has 4 unspecified atom stereocenters. The van der Waals surface area contributed by atoms with Crippen LogP contribution in [0.3, 0.4) is 0 Å². The first kappa shape index (κ1) is 15.0. The zero-order valence-corrected chi connectivity index (χ0v) is 12.6. The first-order chi connectivity index (χ1) is 9.47. The molecule has 0 spiro atoms. The smallest absolute Gasteiger partial charge is 0.241 e. The summed E-state index contributed by atoms with van der Waals surface area (Å²) in [6, 6.07) is 6.47. The van der Waals surface area contributed by atoms with E-state index in [1.165, 1.54) is 6.07 Å². The topological polar surface area (TPSA) is 32.3 Å². The van der Waals surface area contributed by atoms with Gasteiger partial charge in [0, 0.05) is 11.6 Å². The maximum atomic E-state index is 14.0. The lowest BCUT2D eigenvalue weighted by Gasteiger charge is -2.34. The molecule has 1 amide bonds. The highest BCUT2D eigenvalue weighted by Crippen LogP contribution is 2.31. The van der Waals surface area contributed by atoms with E-state index in [2.05, 4.69) is 19.2 Å². The van der Waals surface area contributed by atoms with E-state index in [-0.39, 0.29) is 30.0 Å². The van der Waals surface area contributed by atoms with Crippen molar-refractivity contribution in [3.63, 3.8) is 0 Å². The third-order valence-electron chi connectivity index (χ3n) is 4.42. The van der Waals surface area contributed by atoms with Crippen LogP contribution in [0.25, 0.3) is 0 Å². The Morgan fingerprint density at radius 2 is 2.00 bits per heavy atom. The number of benzene rings is 1. The summed E-state index contributed by atoms with van der Waals surface area (Å²) in [5.74, 6) is 0.152. The lowest BCUT2D eigenvalue weighted by Crippen LogP contribution is -2.42. The van der Waals surface area contributed by atoms with Gasteiger partial charge in [-0.05, 0) is 25.8 Å². The van der Waals surface area contributed by atoms with Gasteiger partial charge in [-0.3, -0.25) is 10.1 Å². The molecule has 4 heteroatoms. The molecule has 0 radical (unpaired) electrons. The lowest BCUT2D eigenvalue weighted by atomic mass is 9.98. The molecule has 1 aliphatic heterocycles. The Labute approximate surface area is 120 Å². The standard InChI is InChI=1S/C16H23FN2O/c1-5-10(2)12(4)19-15(18-11(3)16(19)20)13-8-6-7-9-14(13)17/h6-12,15,18H,5H2,1-4H3. The van der Waals surface area contributed by atoms with Crippen LogP contribution in [0.15, 0.2) is 24.3 Å². The fourth-order valence-electron chi connectivity index (χ4n) is 2.73. The van der Waals surface area contributed by atoms with Crippen molar-refractivity contribution >= 4 is 5.91 Å². The molecule has 20 heavy (non-hydrogen) atoms. The summed E-state index contributed by atoms with van der Waals surface area (Å²) in [6.07, 6.45) is 0.617. The number of hydrogen-bond acceptors (Lipinski definition) is 2. The second-order valence-electron chi connectivity index (χ2n) is 5.68. The molecule has 1 saturated heterocycles. The van der Waals surface area contributed by atoms with Gasteiger partial charge in [-0.1, -0.05) is 38.5 Å². The van der Waals surface area contributed by atoms with E-state index >= 15 is 0 Å². The zero-order chi connectivity index (χ0) is 14.9. The van der Waals surface area contributed by atoms with Crippen molar-refractivity contribution in [2.24, 2.45) is 5.92 Å². The monoisotopic (exact) mass is 278 g/mol. The van der Waals surface area contributed by atoms with Gasteiger partial charge in [0.2, 0.25) is 5.91 Å². The number of rotatable bonds is 4. The Hall–Kier alpha value is -1.42. The number of halogens is 1. The van der Waals surface area contributed by atoms with Gasteiger partial charge in [-0.25, -0.2) is 4.39 Å². The summed E-state index contributed by atoms with van der Waals surface area (Å²) in [5.41, 5.74) is 0.542. The quantitative estimate of drug-likeness (QED) is 0.918. The summed E-state index contributed by atoms with van der Waals surface area (Å²) >= 11 is 0. The fraction of sp³-hybridized carbons (Fsp3) is 0.562. The van der Waals surface area contributed by atoms with Gasteiger partial charge >= 0.3 is 0 Å². The van der Waals surface area contributed by atoms with Crippen LogP contribution in [0.1, 0.15) is 45.8 Å². The lowest BCUT2D eigenvalue weighted by molar-refractivity contribution is -0.132. The Bertz CT molecular complexity index is 491. The summed E-state index contributed by atoms with van der Waals surface area (Å²) in [5, 5.41) is 3.21. The maximum absolute atomic E-state index is 14.0. The molecule has 1 N–H and O–H groups in total. The van der Waals surface area contributed by atoms with Crippen LogP contribution in [-0.2, 0) is 4.79 Å². The summed E-state index contributed by atoms with van der Waals surface area (Å²) in [6.45, 7) is 8.11. The van der Waals surface area contributed by atoms with Crippen molar-refractivity contribution in [3.8, 4) is 0 Å². The minimum atomic E-state index is -0.373. The number of amides is 1. The van der Waals surface area contributed by atoms with E-state index in [1.807, 2.05) is 13.8 Å². The molecule has 3 nitrogen and oxygen atoms in total. The molecule has 1 heterocycles. The van der Waals surface area contributed by atoms with Gasteiger partial charge in [0.25, 0.3) is 0 Å². The average Bonchev–Trinajstić information content (AvgIpc) is 2.73. The van der Waals surface area contributed by atoms with Crippen molar-refractivity contribution < 1.29 is 9.18 Å². The highest BCUT2D eigenvalue weighted by molar-refractivity contribution is 5.84. The van der Waals surface area contributed by atoms with E-state index in [4.69, 9.17) is 0 Å². The van der Waals surface area contributed by atoms with Gasteiger partial charge in [-0.2, -0.15) is 0 Å². The van der Waals surface area contributed by atoms with Crippen molar-refractivity contribution in [1.82, 2.24) is 10.2 Å². The van der Waals surface area contributed by atoms with E-state index in [0.29, 0.717) is 11.5 Å². The molecule has 1 fully saturated rings. The Kier molecular flexibility index (Phi) is 4.43. The van der Waals surface area contributed by atoms with Gasteiger partial charge < -0.3 is 4.90 Å². The Balaban J connectivity index is 2.36. The largest absolute Gasteiger partial charge is 0.318 e. The van der Waals surface area contributed by atoms with E-state index in [1.54, 1.807) is 23.1 Å². The predicted octanol–water partition coefficient (Wildman–Crippen LogP) is 3.08. The van der Waals surface area contributed by atoms with Crippen molar-refractivity contribution in [2.75, 3.05) is 0 Å². The molecule has 0 saturated carbocycles. The summed E-state index contributed by atoms with van der Waals surface area (Å²) in [4.78, 5) is 14.2. The molecule has 1 aromatic carbocycles. The maximum Gasteiger partial charge on any atom is 0.241 e. The number of carbonyl (C=O) groups is 1. The molecule has 0 bridgehead atoms. The number of carbonyl (C=O) groups excluding carboxylic acids is 1. The van der Waals surface area contributed by atoms with Crippen LogP contribution in [0.2, 0.25) is 0 Å². The minimum Gasteiger partial charge on any atom is -0.318 e. The van der Waals surface area contributed by atoms with Gasteiger partial charge in [0.1, 0.15) is 12.0 Å². The molecule has 110 valence electrons. The Morgan fingerprint density at radius 3 is 2.60 bits per heavy atom. The van der Waals surface area contributed by atoms with Crippen molar-refractivity contribution in [2.45, 2.75) is 52.4 Å². The van der Waals surface area contributed by atoms with E-state index < -0.39 is 0 Å². The van der Waals surface area contributed by atoms with Crippen LogP contribution >= 0.6 is 0 Å². The number of nitrogens with one attached hydrogen (secondary N) is 1. The minimum absolute atomic E-state index is 0.0473. The van der Waals surface area contributed by atoms with Crippen molar-refractivity contribution in [3.05, 3.63) is 35.6 Å². The summed E-state index contributed by atoms with van der Waals surface area (Å²) in [7, 11) is 0. The third kappa shape index (κ3) is 2.57. The first-order valence-electron chi connectivity index (χ1n) is 7.30. The third-order valence-corrected chi connectivity index (χ3v) is 4.42. The predicted molar refractivity (Wildman–Crippen MR) is 77.5 cm³/mol. The molecule has 0 aromatic heterocycles.